The zero-order chi connectivity index (χ0) is 15.9. The van der Waals surface area contributed by atoms with Crippen LogP contribution in [0.3, 0.4) is 0 Å². The molecule has 0 radical (unpaired) electrons. The predicted molar refractivity (Wildman–Crippen MR) is 85.3 cm³/mol. The van der Waals surface area contributed by atoms with Crippen molar-refractivity contribution in [1.29, 1.82) is 0 Å². The zero-order valence-corrected chi connectivity index (χ0v) is 13.4. The lowest BCUT2D eigenvalue weighted by Crippen LogP contribution is -2.50. The van der Waals surface area contributed by atoms with Gasteiger partial charge < -0.3 is 10.6 Å². The van der Waals surface area contributed by atoms with Gasteiger partial charge in [-0.1, -0.05) is 35.7 Å². The smallest absolute Gasteiger partial charge is 0.233 e. The fourth-order valence-corrected chi connectivity index (χ4v) is 3.89. The van der Waals surface area contributed by atoms with Crippen molar-refractivity contribution in [2.45, 2.75) is 44.9 Å². The molecule has 1 heterocycles. The van der Waals surface area contributed by atoms with Crippen molar-refractivity contribution in [2.75, 3.05) is 13.1 Å². The minimum absolute atomic E-state index is 0.180. The van der Waals surface area contributed by atoms with Crippen LogP contribution >= 0.6 is 0 Å². The molecule has 2 amide bonds. The molecule has 0 spiro atoms. The van der Waals surface area contributed by atoms with Crippen LogP contribution in [0.2, 0.25) is 0 Å². The molecule has 1 aliphatic carbocycles. The molecule has 0 bridgehead atoms. The van der Waals surface area contributed by atoms with Gasteiger partial charge in [-0.15, -0.1) is 0 Å². The van der Waals surface area contributed by atoms with Crippen molar-refractivity contribution in [2.24, 2.45) is 11.7 Å². The lowest BCUT2D eigenvalue weighted by Gasteiger charge is -2.43. The van der Waals surface area contributed by atoms with E-state index in [9.17, 15) is 9.59 Å². The molecule has 1 saturated heterocycles. The summed E-state index contributed by atoms with van der Waals surface area (Å²) >= 11 is 0. The van der Waals surface area contributed by atoms with Crippen molar-refractivity contribution in [3.8, 4) is 0 Å². The molecular weight excluding hydrogens is 276 g/mol. The third-order valence-electron chi connectivity index (χ3n) is 5.27. The van der Waals surface area contributed by atoms with E-state index in [4.69, 9.17) is 5.73 Å². The van der Waals surface area contributed by atoms with Crippen LogP contribution in [-0.2, 0) is 15.0 Å². The fraction of sp³-hybridized carbons (Fsp3) is 0.556. The van der Waals surface area contributed by atoms with Crippen LogP contribution in [0.5, 0.6) is 0 Å². The van der Waals surface area contributed by atoms with Crippen molar-refractivity contribution in [3.63, 3.8) is 0 Å². The normalized spacial score (nSPS) is 23.2. The molecule has 118 valence electrons. The molecule has 1 aromatic carbocycles. The number of nitrogens with two attached hydrogens (primary N) is 1. The number of rotatable bonds is 3. The molecule has 3 rings (SSSR count). The van der Waals surface area contributed by atoms with E-state index in [0.29, 0.717) is 19.5 Å². The number of likely N-dealkylation sites (tertiary alicyclic amines) is 1. The van der Waals surface area contributed by atoms with Crippen LogP contribution in [-0.4, -0.2) is 29.8 Å². The topological polar surface area (TPSA) is 63.4 Å². The summed E-state index contributed by atoms with van der Waals surface area (Å²) in [7, 11) is 0. The number of primary amides is 1. The van der Waals surface area contributed by atoms with E-state index < -0.39 is 0 Å². The number of hydrogen-bond donors (Lipinski definition) is 1. The van der Waals surface area contributed by atoms with Crippen LogP contribution in [0.25, 0.3) is 0 Å². The summed E-state index contributed by atoms with van der Waals surface area (Å²) in [6, 6.07) is 6.43. The summed E-state index contributed by atoms with van der Waals surface area (Å²) in [5, 5.41) is 0. The van der Waals surface area contributed by atoms with Crippen molar-refractivity contribution < 1.29 is 9.59 Å². The first-order chi connectivity index (χ1) is 10.4. The Hall–Kier alpha value is -1.84. The molecule has 1 atom stereocenters. The number of hydrogen-bond acceptors (Lipinski definition) is 2. The second-order valence-electron chi connectivity index (χ2n) is 6.95. The van der Waals surface area contributed by atoms with Gasteiger partial charge in [0.2, 0.25) is 11.8 Å². The quantitative estimate of drug-likeness (QED) is 0.928. The van der Waals surface area contributed by atoms with Crippen LogP contribution in [0.4, 0.5) is 0 Å². The number of nitrogens with zero attached hydrogens (tertiary/aromatic N) is 1. The molecule has 1 saturated carbocycles. The van der Waals surface area contributed by atoms with E-state index in [1.54, 1.807) is 0 Å². The van der Waals surface area contributed by atoms with Gasteiger partial charge in [-0.2, -0.15) is 0 Å². The maximum Gasteiger partial charge on any atom is 0.233 e. The van der Waals surface area contributed by atoms with Crippen LogP contribution < -0.4 is 5.73 Å². The average molecular weight is 300 g/mol. The third-order valence-corrected chi connectivity index (χ3v) is 5.27. The summed E-state index contributed by atoms with van der Waals surface area (Å²) in [5.74, 6) is -0.280. The van der Waals surface area contributed by atoms with E-state index in [0.717, 1.165) is 24.8 Å². The molecule has 2 fully saturated rings. The zero-order valence-electron chi connectivity index (χ0n) is 13.4. The van der Waals surface area contributed by atoms with Gasteiger partial charge in [-0.05, 0) is 38.7 Å². The van der Waals surface area contributed by atoms with E-state index in [1.165, 1.54) is 11.1 Å². The summed E-state index contributed by atoms with van der Waals surface area (Å²) in [6.07, 6.45) is 3.61. The SMILES string of the molecule is Cc1cc(C)cc(C2(C(=O)N3CC[C@@H](C(N)=O)C3)CCC2)c1. The number of aryl methyl sites for hydroxylation is 2. The molecular formula is C18H24N2O2. The van der Waals surface area contributed by atoms with Gasteiger partial charge in [0.05, 0.1) is 11.3 Å². The van der Waals surface area contributed by atoms with E-state index in [2.05, 4.69) is 32.0 Å². The Labute approximate surface area is 131 Å². The molecule has 22 heavy (non-hydrogen) atoms. The third kappa shape index (κ3) is 2.40. The highest BCUT2D eigenvalue weighted by molar-refractivity contribution is 5.90. The van der Waals surface area contributed by atoms with Gasteiger partial charge in [0.1, 0.15) is 0 Å². The molecule has 2 aliphatic rings. The first-order valence-corrected chi connectivity index (χ1v) is 8.10. The highest BCUT2D eigenvalue weighted by Gasteiger charge is 2.49. The predicted octanol–water partition coefficient (Wildman–Crippen LogP) is 2.06. The summed E-state index contributed by atoms with van der Waals surface area (Å²) in [4.78, 5) is 26.3. The Balaban J connectivity index is 1.87. The molecule has 4 nitrogen and oxygen atoms in total. The summed E-state index contributed by atoms with van der Waals surface area (Å²) in [5.41, 5.74) is 8.56. The highest BCUT2D eigenvalue weighted by atomic mass is 16.2. The Bertz CT molecular complexity index is 599. The van der Waals surface area contributed by atoms with Gasteiger partial charge >= 0.3 is 0 Å². The van der Waals surface area contributed by atoms with Crippen molar-refractivity contribution in [1.82, 2.24) is 4.90 Å². The van der Waals surface area contributed by atoms with Gasteiger partial charge in [0.25, 0.3) is 0 Å². The first-order valence-electron chi connectivity index (χ1n) is 8.10. The Morgan fingerprint density at radius 1 is 1.18 bits per heavy atom. The lowest BCUT2D eigenvalue weighted by atomic mass is 9.63. The molecule has 2 N–H and O–H groups in total. The van der Waals surface area contributed by atoms with Gasteiger partial charge in [-0.25, -0.2) is 0 Å². The number of amides is 2. The largest absolute Gasteiger partial charge is 0.369 e. The molecule has 0 unspecified atom stereocenters. The van der Waals surface area contributed by atoms with E-state index in [1.807, 2.05) is 4.90 Å². The summed E-state index contributed by atoms with van der Waals surface area (Å²) in [6.45, 7) is 5.29. The Kier molecular flexibility index (Phi) is 3.71. The van der Waals surface area contributed by atoms with Gasteiger partial charge in [0, 0.05) is 13.1 Å². The molecule has 0 aromatic heterocycles. The molecule has 1 aliphatic heterocycles. The second-order valence-corrected chi connectivity index (χ2v) is 6.95. The van der Waals surface area contributed by atoms with Crippen LogP contribution in [0.1, 0.15) is 42.4 Å². The number of carbonyl (C=O) groups is 2. The van der Waals surface area contributed by atoms with Crippen molar-refractivity contribution >= 4 is 11.8 Å². The standard InChI is InChI=1S/C18H24N2O2/c1-12-8-13(2)10-15(9-12)18(5-3-6-18)17(22)20-7-4-14(11-20)16(19)21/h8-10,14H,3-7,11H2,1-2H3,(H2,19,21)/t14-/m1/s1. The van der Waals surface area contributed by atoms with E-state index >= 15 is 0 Å². The van der Waals surface area contributed by atoms with Gasteiger partial charge in [-0.3, -0.25) is 9.59 Å². The fourth-order valence-electron chi connectivity index (χ4n) is 3.89. The van der Waals surface area contributed by atoms with Crippen LogP contribution in [0, 0.1) is 19.8 Å². The molecule has 1 aromatic rings. The average Bonchev–Trinajstić information content (AvgIpc) is 2.85. The Morgan fingerprint density at radius 3 is 2.27 bits per heavy atom. The van der Waals surface area contributed by atoms with E-state index in [-0.39, 0.29) is 23.1 Å². The summed E-state index contributed by atoms with van der Waals surface area (Å²) < 4.78 is 0. The monoisotopic (exact) mass is 300 g/mol. The molecule has 4 heteroatoms. The van der Waals surface area contributed by atoms with Crippen LogP contribution in [0.15, 0.2) is 18.2 Å². The van der Waals surface area contributed by atoms with Gasteiger partial charge in [0.15, 0.2) is 0 Å². The highest BCUT2D eigenvalue weighted by Crippen LogP contribution is 2.46. The number of benzene rings is 1. The minimum atomic E-state index is -0.372. The minimum Gasteiger partial charge on any atom is -0.369 e. The maximum absolute atomic E-state index is 13.1. The first kappa shape index (κ1) is 15.1. The second kappa shape index (κ2) is 5.41. The number of carbonyl (C=O) groups excluding carboxylic acids is 2. The maximum atomic E-state index is 13.1. The lowest BCUT2D eigenvalue weighted by molar-refractivity contribution is -0.140. The Morgan fingerprint density at radius 2 is 1.82 bits per heavy atom. The van der Waals surface area contributed by atoms with Crippen molar-refractivity contribution in [3.05, 3.63) is 34.9 Å².